The van der Waals surface area contributed by atoms with Gasteiger partial charge in [-0.25, -0.2) is 8.42 Å². The molecule has 0 heterocycles. The summed E-state index contributed by atoms with van der Waals surface area (Å²) in [5, 5.41) is 3.31. The fraction of sp³-hybridized carbons (Fsp3) is 0.500. The largest absolute Gasteiger partial charge is 0.351 e. The SMILES string of the molecule is CS(=O)(=O)N(CCC1=CCCCC1)CC(=O)NCc1ccccc1Cl. The summed E-state index contributed by atoms with van der Waals surface area (Å²) in [6.07, 6.45) is 8.46. The molecule has 2 rings (SSSR count). The maximum atomic E-state index is 12.2. The number of hydrogen-bond acceptors (Lipinski definition) is 3. The summed E-state index contributed by atoms with van der Waals surface area (Å²) >= 11 is 6.06. The van der Waals surface area contributed by atoms with Crippen molar-refractivity contribution in [2.45, 2.75) is 38.6 Å². The maximum absolute atomic E-state index is 12.2. The third-order valence-electron chi connectivity index (χ3n) is 4.29. The number of hydrogen-bond donors (Lipinski definition) is 1. The Bertz CT molecular complexity index is 732. The van der Waals surface area contributed by atoms with Gasteiger partial charge >= 0.3 is 0 Å². The molecule has 0 aromatic heterocycles. The number of allylic oxidation sites excluding steroid dienone is 1. The fourth-order valence-corrected chi connectivity index (χ4v) is 3.79. The van der Waals surface area contributed by atoms with Crippen molar-refractivity contribution < 1.29 is 13.2 Å². The molecule has 7 heteroatoms. The summed E-state index contributed by atoms with van der Waals surface area (Å²) in [6, 6.07) is 7.24. The van der Waals surface area contributed by atoms with Crippen molar-refractivity contribution in [3.63, 3.8) is 0 Å². The molecule has 0 atom stereocenters. The second-order valence-electron chi connectivity index (χ2n) is 6.32. The van der Waals surface area contributed by atoms with Gasteiger partial charge in [-0.2, -0.15) is 4.31 Å². The Hall–Kier alpha value is -1.37. The van der Waals surface area contributed by atoms with Crippen LogP contribution in [0.4, 0.5) is 0 Å². The van der Waals surface area contributed by atoms with Gasteiger partial charge in [-0.05, 0) is 43.7 Å². The lowest BCUT2D eigenvalue weighted by Crippen LogP contribution is -2.40. The molecule has 0 aliphatic heterocycles. The minimum absolute atomic E-state index is 0.170. The number of rotatable bonds is 8. The normalized spacial score (nSPS) is 15.1. The summed E-state index contributed by atoms with van der Waals surface area (Å²) in [5.41, 5.74) is 2.09. The molecule has 0 bridgehead atoms. The average molecular weight is 385 g/mol. The summed E-state index contributed by atoms with van der Waals surface area (Å²) in [5.74, 6) is -0.331. The van der Waals surface area contributed by atoms with Crippen molar-refractivity contribution in [2.75, 3.05) is 19.3 Å². The van der Waals surface area contributed by atoms with Gasteiger partial charge in [0.2, 0.25) is 15.9 Å². The quantitative estimate of drug-likeness (QED) is 0.700. The Morgan fingerprint density at radius 3 is 2.68 bits per heavy atom. The Kier molecular flexibility index (Phi) is 7.47. The van der Waals surface area contributed by atoms with Crippen LogP contribution in [0.2, 0.25) is 5.02 Å². The standard InChI is InChI=1S/C18H25ClN2O3S/c1-25(23,24)21(12-11-15-7-3-2-4-8-15)14-18(22)20-13-16-9-5-6-10-17(16)19/h5-7,9-10H,2-4,8,11-14H2,1H3,(H,20,22). The molecule has 0 spiro atoms. The van der Waals surface area contributed by atoms with Gasteiger partial charge in [-0.3, -0.25) is 4.79 Å². The van der Waals surface area contributed by atoms with E-state index in [2.05, 4.69) is 11.4 Å². The van der Waals surface area contributed by atoms with Gasteiger partial charge in [0.25, 0.3) is 0 Å². The summed E-state index contributed by atoms with van der Waals surface area (Å²) < 4.78 is 25.2. The van der Waals surface area contributed by atoms with Crippen molar-refractivity contribution in [1.82, 2.24) is 9.62 Å². The molecule has 0 saturated heterocycles. The lowest BCUT2D eigenvalue weighted by atomic mass is 9.97. The second kappa shape index (κ2) is 9.36. The smallest absolute Gasteiger partial charge is 0.235 e. The highest BCUT2D eigenvalue weighted by Gasteiger charge is 2.20. The van der Waals surface area contributed by atoms with Gasteiger partial charge in [0, 0.05) is 18.1 Å². The fourth-order valence-electron chi connectivity index (χ4n) is 2.81. The first-order chi connectivity index (χ1) is 11.9. The zero-order valence-corrected chi connectivity index (χ0v) is 16.1. The molecule has 1 aromatic carbocycles. The highest BCUT2D eigenvalue weighted by Crippen LogP contribution is 2.20. The topological polar surface area (TPSA) is 66.5 Å². The first kappa shape index (κ1) is 19.9. The molecule has 0 radical (unpaired) electrons. The number of sulfonamides is 1. The predicted octanol–water partition coefficient (Wildman–Crippen LogP) is 3.11. The number of amides is 1. The van der Waals surface area contributed by atoms with E-state index in [0.717, 1.165) is 31.1 Å². The van der Waals surface area contributed by atoms with Crippen LogP contribution in [0.15, 0.2) is 35.9 Å². The van der Waals surface area contributed by atoms with Gasteiger partial charge in [0.1, 0.15) is 0 Å². The molecule has 0 unspecified atom stereocenters. The molecule has 0 saturated carbocycles. The van der Waals surface area contributed by atoms with Gasteiger partial charge in [0.05, 0.1) is 12.8 Å². The minimum Gasteiger partial charge on any atom is -0.351 e. The molecule has 1 aliphatic rings. The van der Waals surface area contributed by atoms with Crippen LogP contribution in [0, 0.1) is 0 Å². The van der Waals surface area contributed by atoms with E-state index < -0.39 is 10.0 Å². The Balaban J connectivity index is 1.89. The number of carbonyl (C=O) groups excluding carboxylic acids is 1. The highest BCUT2D eigenvalue weighted by molar-refractivity contribution is 7.88. The third-order valence-corrected chi connectivity index (χ3v) is 5.91. The van der Waals surface area contributed by atoms with Gasteiger partial charge in [-0.15, -0.1) is 0 Å². The molecular formula is C18H25ClN2O3S. The second-order valence-corrected chi connectivity index (χ2v) is 8.71. The lowest BCUT2D eigenvalue weighted by Gasteiger charge is -2.21. The number of benzene rings is 1. The van der Waals surface area contributed by atoms with E-state index in [1.807, 2.05) is 18.2 Å². The molecule has 1 amide bonds. The van der Waals surface area contributed by atoms with Crippen molar-refractivity contribution in [1.29, 1.82) is 0 Å². The van der Waals surface area contributed by atoms with Crippen LogP contribution < -0.4 is 5.32 Å². The molecule has 1 N–H and O–H groups in total. The van der Waals surface area contributed by atoms with Crippen molar-refractivity contribution in [2.24, 2.45) is 0 Å². The van der Waals surface area contributed by atoms with Crippen LogP contribution in [-0.4, -0.2) is 38.0 Å². The van der Waals surface area contributed by atoms with Crippen LogP contribution in [0.25, 0.3) is 0 Å². The average Bonchev–Trinajstić information content (AvgIpc) is 2.58. The molecule has 1 aromatic rings. The summed E-state index contributed by atoms with van der Waals surface area (Å²) in [7, 11) is -3.43. The van der Waals surface area contributed by atoms with E-state index in [1.54, 1.807) is 6.07 Å². The maximum Gasteiger partial charge on any atom is 0.235 e. The summed E-state index contributed by atoms with van der Waals surface area (Å²) in [6.45, 7) is 0.446. The van der Waals surface area contributed by atoms with Crippen LogP contribution >= 0.6 is 11.6 Å². The lowest BCUT2D eigenvalue weighted by molar-refractivity contribution is -0.121. The molecular weight excluding hydrogens is 360 g/mol. The Morgan fingerprint density at radius 1 is 1.28 bits per heavy atom. The summed E-state index contributed by atoms with van der Waals surface area (Å²) in [4.78, 5) is 12.2. The third kappa shape index (κ3) is 6.80. The van der Waals surface area contributed by atoms with Gasteiger partial charge in [-0.1, -0.05) is 41.4 Å². The Labute approximate surface area is 155 Å². The predicted molar refractivity (Wildman–Crippen MR) is 101 cm³/mol. The van der Waals surface area contributed by atoms with Gasteiger partial charge in [0.15, 0.2) is 0 Å². The van der Waals surface area contributed by atoms with E-state index >= 15 is 0 Å². The van der Waals surface area contributed by atoms with E-state index in [9.17, 15) is 13.2 Å². The highest BCUT2D eigenvalue weighted by atomic mass is 35.5. The zero-order valence-electron chi connectivity index (χ0n) is 14.5. The number of nitrogens with zero attached hydrogens (tertiary/aromatic N) is 1. The monoisotopic (exact) mass is 384 g/mol. The molecule has 25 heavy (non-hydrogen) atoms. The number of nitrogens with one attached hydrogen (secondary N) is 1. The first-order valence-corrected chi connectivity index (χ1v) is 10.7. The van der Waals surface area contributed by atoms with E-state index in [4.69, 9.17) is 11.6 Å². The van der Waals surface area contributed by atoms with E-state index in [0.29, 0.717) is 18.0 Å². The van der Waals surface area contributed by atoms with Crippen LogP contribution in [-0.2, 0) is 21.4 Å². The zero-order chi connectivity index (χ0) is 18.3. The first-order valence-electron chi connectivity index (χ1n) is 8.49. The van der Waals surface area contributed by atoms with Crippen LogP contribution in [0.5, 0.6) is 0 Å². The molecule has 138 valence electrons. The minimum atomic E-state index is -3.43. The van der Waals surface area contributed by atoms with Gasteiger partial charge < -0.3 is 5.32 Å². The molecule has 1 aliphatic carbocycles. The van der Waals surface area contributed by atoms with E-state index in [1.165, 1.54) is 16.3 Å². The van der Waals surface area contributed by atoms with E-state index in [-0.39, 0.29) is 19.0 Å². The Morgan fingerprint density at radius 2 is 2.04 bits per heavy atom. The number of carbonyl (C=O) groups is 1. The van der Waals surface area contributed by atoms with Crippen molar-refractivity contribution in [3.05, 3.63) is 46.5 Å². The molecule has 5 nitrogen and oxygen atoms in total. The molecule has 0 fully saturated rings. The van der Waals surface area contributed by atoms with Crippen molar-refractivity contribution in [3.8, 4) is 0 Å². The van der Waals surface area contributed by atoms with Crippen LogP contribution in [0.1, 0.15) is 37.7 Å². The van der Waals surface area contributed by atoms with Crippen LogP contribution in [0.3, 0.4) is 0 Å². The number of halogens is 1. The van der Waals surface area contributed by atoms with Crippen molar-refractivity contribution >= 4 is 27.5 Å².